The molecule has 1 heterocycles. The first-order valence-corrected chi connectivity index (χ1v) is 9.28. The van der Waals surface area contributed by atoms with E-state index >= 15 is 0 Å². The van der Waals surface area contributed by atoms with E-state index in [0.717, 1.165) is 5.56 Å². The minimum absolute atomic E-state index is 0.0171. The van der Waals surface area contributed by atoms with Crippen LogP contribution in [0.25, 0.3) is 0 Å². The Morgan fingerprint density at radius 1 is 1.03 bits per heavy atom. The van der Waals surface area contributed by atoms with Crippen molar-refractivity contribution in [1.82, 2.24) is 0 Å². The molecule has 3 aromatic rings. The van der Waals surface area contributed by atoms with Gasteiger partial charge in [0.15, 0.2) is 6.61 Å². The minimum Gasteiger partial charge on any atom is -0.482 e. The van der Waals surface area contributed by atoms with Gasteiger partial charge in [-0.2, -0.15) is 0 Å². The lowest BCUT2D eigenvalue weighted by Gasteiger charge is -2.30. The van der Waals surface area contributed by atoms with Crippen molar-refractivity contribution in [3.8, 4) is 5.75 Å². The molecule has 1 aliphatic rings. The van der Waals surface area contributed by atoms with Gasteiger partial charge >= 0.3 is 0 Å². The first-order valence-electron chi connectivity index (χ1n) is 9.28. The van der Waals surface area contributed by atoms with Crippen LogP contribution < -0.4 is 15.0 Å². The van der Waals surface area contributed by atoms with Gasteiger partial charge in [-0.25, -0.2) is 4.39 Å². The molecule has 0 bridgehead atoms. The number of rotatable bonds is 5. The Kier molecular flexibility index (Phi) is 5.24. The quantitative estimate of drug-likeness (QED) is 0.715. The van der Waals surface area contributed by atoms with Gasteiger partial charge in [-0.3, -0.25) is 9.59 Å². The summed E-state index contributed by atoms with van der Waals surface area (Å²) in [4.78, 5) is 26.5. The number of nitrogens with zero attached hydrogens (tertiary/aromatic N) is 1. The third-order valence-electron chi connectivity index (χ3n) is 4.71. The fourth-order valence-corrected chi connectivity index (χ4v) is 3.24. The molecule has 0 aliphatic carbocycles. The van der Waals surface area contributed by atoms with Crippen molar-refractivity contribution in [3.05, 3.63) is 89.7 Å². The van der Waals surface area contributed by atoms with E-state index in [0.29, 0.717) is 30.1 Å². The maximum Gasteiger partial charge on any atom is 0.265 e. The van der Waals surface area contributed by atoms with Crippen LogP contribution in [0.1, 0.15) is 15.9 Å². The summed E-state index contributed by atoms with van der Waals surface area (Å²) < 4.78 is 18.9. The molecule has 146 valence electrons. The van der Waals surface area contributed by atoms with Crippen LogP contribution in [0.3, 0.4) is 0 Å². The van der Waals surface area contributed by atoms with Crippen LogP contribution in [-0.2, 0) is 11.2 Å². The SMILES string of the molecule is O=C(Nc1ccc2c(c1)N(CCc1ccccc1)C(=O)CO2)c1cccc(F)c1. The highest BCUT2D eigenvalue weighted by Crippen LogP contribution is 2.34. The molecule has 0 spiro atoms. The minimum atomic E-state index is -0.478. The number of nitrogens with one attached hydrogen (secondary N) is 1. The molecule has 0 unspecified atom stereocenters. The topological polar surface area (TPSA) is 58.6 Å². The van der Waals surface area contributed by atoms with Crippen molar-refractivity contribution in [1.29, 1.82) is 0 Å². The zero-order valence-corrected chi connectivity index (χ0v) is 15.6. The summed E-state index contributed by atoms with van der Waals surface area (Å²) in [6.45, 7) is 0.483. The molecular weight excluding hydrogens is 371 g/mol. The average molecular weight is 390 g/mol. The van der Waals surface area contributed by atoms with E-state index in [1.54, 1.807) is 23.1 Å². The zero-order chi connectivity index (χ0) is 20.2. The Hall–Kier alpha value is -3.67. The smallest absolute Gasteiger partial charge is 0.265 e. The van der Waals surface area contributed by atoms with E-state index in [-0.39, 0.29) is 18.1 Å². The molecule has 0 fully saturated rings. The highest BCUT2D eigenvalue weighted by molar-refractivity contribution is 6.05. The van der Waals surface area contributed by atoms with E-state index in [9.17, 15) is 14.0 Å². The fraction of sp³-hybridized carbons (Fsp3) is 0.130. The second kappa shape index (κ2) is 8.14. The Morgan fingerprint density at radius 3 is 2.66 bits per heavy atom. The molecule has 0 radical (unpaired) electrons. The summed E-state index contributed by atoms with van der Waals surface area (Å²) in [5.74, 6) is -0.457. The second-order valence-corrected chi connectivity index (χ2v) is 6.72. The van der Waals surface area contributed by atoms with Gasteiger partial charge in [0, 0.05) is 17.8 Å². The molecule has 2 amide bonds. The molecule has 0 aromatic heterocycles. The van der Waals surface area contributed by atoms with Crippen molar-refractivity contribution < 1.29 is 18.7 Å². The van der Waals surface area contributed by atoms with Crippen LogP contribution in [-0.4, -0.2) is 25.0 Å². The number of carbonyl (C=O) groups excluding carboxylic acids is 2. The lowest BCUT2D eigenvalue weighted by Crippen LogP contribution is -2.40. The molecule has 0 saturated heterocycles. The van der Waals surface area contributed by atoms with Gasteiger partial charge in [-0.05, 0) is 48.4 Å². The number of anilines is 2. The third kappa shape index (κ3) is 4.27. The molecule has 6 heteroatoms. The van der Waals surface area contributed by atoms with E-state index in [2.05, 4.69) is 5.32 Å². The van der Waals surface area contributed by atoms with E-state index in [4.69, 9.17) is 4.74 Å². The number of benzene rings is 3. The molecule has 3 aromatic carbocycles. The highest BCUT2D eigenvalue weighted by Gasteiger charge is 2.25. The van der Waals surface area contributed by atoms with Gasteiger partial charge in [0.05, 0.1) is 5.69 Å². The van der Waals surface area contributed by atoms with Gasteiger partial charge in [0.25, 0.3) is 11.8 Å². The van der Waals surface area contributed by atoms with Crippen LogP contribution in [0.5, 0.6) is 5.75 Å². The van der Waals surface area contributed by atoms with Gasteiger partial charge in [-0.1, -0.05) is 36.4 Å². The lowest BCUT2D eigenvalue weighted by atomic mass is 10.1. The van der Waals surface area contributed by atoms with Crippen LogP contribution >= 0.6 is 0 Å². The number of halogens is 1. The van der Waals surface area contributed by atoms with E-state index in [1.807, 2.05) is 30.3 Å². The normalized spacial score (nSPS) is 12.9. The standard InChI is InChI=1S/C23H19FN2O3/c24-18-8-4-7-17(13-18)23(28)25-19-9-10-21-20(14-19)26(22(27)15-29-21)12-11-16-5-2-1-3-6-16/h1-10,13-14H,11-12,15H2,(H,25,28). The average Bonchev–Trinajstić information content (AvgIpc) is 2.74. The summed E-state index contributed by atoms with van der Waals surface area (Å²) >= 11 is 0. The monoisotopic (exact) mass is 390 g/mol. The fourth-order valence-electron chi connectivity index (χ4n) is 3.24. The molecule has 0 saturated carbocycles. The Labute approximate surface area is 167 Å². The number of carbonyl (C=O) groups is 2. The van der Waals surface area contributed by atoms with Crippen molar-refractivity contribution in [2.75, 3.05) is 23.4 Å². The summed E-state index contributed by atoms with van der Waals surface area (Å²) in [6.07, 6.45) is 0.700. The number of hydrogen-bond acceptors (Lipinski definition) is 3. The van der Waals surface area contributed by atoms with Crippen molar-refractivity contribution in [2.45, 2.75) is 6.42 Å². The van der Waals surface area contributed by atoms with Crippen LogP contribution in [0.15, 0.2) is 72.8 Å². The Balaban J connectivity index is 1.54. The van der Waals surface area contributed by atoms with Crippen molar-refractivity contribution in [2.24, 2.45) is 0 Å². The number of fused-ring (bicyclic) bond motifs is 1. The summed E-state index contributed by atoms with van der Waals surface area (Å²) in [7, 11) is 0. The molecule has 1 aliphatic heterocycles. The van der Waals surface area contributed by atoms with Gasteiger partial charge in [0.1, 0.15) is 11.6 Å². The predicted molar refractivity (Wildman–Crippen MR) is 109 cm³/mol. The number of ether oxygens (including phenoxy) is 1. The lowest BCUT2D eigenvalue weighted by molar-refractivity contribution is -0.121. The second-order valence-electron chi connectivity index (χ2n) is 6.72. The highest BCUT2D eigenvalue weighted by atomic mass is 19.1. The van der Waals surface area contributed by atoms with Gasteiger partial charge < -0.3 is 15.0 Å². The first kappa shape index (κ1) is 18.7. The van der Waals surface area contributed by atoms with Crippen LogP contribution in [0.4, 0.5) is 15.8 Å². The van der Waals surface area contributed by atoms with E-state index in [1.165, 1.54) is 24.3 Å². The van der Waals surface area contributed by atoms with Crippen molar-refractivity contribution in [3.63, 3.8) is 0 Å². The molecule has 4 rings (SSSR count). The molecule has 1 N–H and O–H groups in total. The number of amides is 2. The van der Waals surface area contributed by atoms with Gasteiger partial charge in [-0.15, -0.1) is 0 Å². The maximum atomic E-state index is 13.4. The summed E-state index contributed by atoms with van der Waals surface area (Å²) in [5.41, 5.74) is 2.45. The molecule has 0 atom stereocenters. The largest absolute Gasteiger partial charge is 0.482 e. The third-order valence-corrected chi connectivity index (χ3v) is 4.71. The summed E-state index contributed by atoms with van der Waals surface area (Å²) in [6, 6.07) is 20.5. The Bertz CT molecular complexity index is 1050. The van der Waals surface area contributed by atoms with Crippen molar-refractivity contribution >= 4 is 23.2 Å². The molecule has 5 nitrogen and oxygen atoms in total. The van der Waals surface area contributed by atoms with Crippen LogP contribution in [0, 0.1) is 5.82 Å². The number of hydrogen-bond donors (Lipinski definition) is 1. The van der Waals surface area contributed by atoms with Gasteiger partial charge in [0.2, 0.25) is 0 Å². The first-order chi connectivity index (χ1) is 14.1. The maximum absolute atomic E-state index is 13.4. The van der Waals surface area contributed by atoms with E-state index < -0.39 is 11.7 Å². The van der Waals surface area contributed by atoms with Crippen LogP contribution in [0.2, 0.25) is 0 Å². The predicted octanol–water partition coefficient (Wildman–Crippen LogP) is 4.05. The molecular formula is C23H19FN2O3. The zero-order valence-electron chi connectivity index (χ0n) is 15.6. The summed E-state index contributed by atoms with van der Waals surface area (Å²) in [5, 5.41) is 2.75. The Morgan fingerprint density at radius 2 is 1.86 bits per heavy atom. The molecule has 29 heavy (non-hydrogen) atoms.